The van der Waals surface area contributed by atoms with Gasteiger partial charge in [-0.15, -0.1) is 0 Å². The molecule has 0 unspecified atom stereocenters. The Morgan fingerprint density at radius 3 is 2.95 bits per heavy atom. The van der Waals surface area contributed by atoms with Crippen LogP contribution in [0.15, 0.2) is 41.6 Å². The van der Waals surface area contributed by atoms with Crippen LogP contribution in [0.5, 0.6) is 0 Å². The average Bonchev–Trinajstić information content (AvgIpc) is 2.37. The van der Waals surface area contributed by atoms with Crippen molar-refractivity contribution < 1.29 is 4.79 Å². The third kappa shape index (κ3) is 3.19. The summed E-state index contributed by atoms with van der Waals surface area (Å²) in [5.41, 5.74) is 7.28. The molecule has 3 N–H and O–H groups in total. The van der Waals surface area contributed by atoms with E-state index in [1.54, 1.807) is 18.5 Å². The minimum atomic E-state index is -0.290. The van der Waals surface area contributed by atoms with E-state index in [-0.39, 0.29) is 18.0 Å². The molecule has 0 fully saturated rings. The minimum Gasteiger partial charge on any atom is -0.398 e. The maximum atomic E-state index is 11.9. The molecule has 0 aliphatic rings. The van der Waals surface area contributed by atoms with Crippen molar-refractivity contribution in [3.63, 3.8) is 0 Å². The number of carbonyl (C=O) groups is 1. The maximum Gasteiger partial charge on any atom is 0.251 e. The van der Waals surface area contributed by atoms with Gasteiger partial charge in [-0.1, -0.05) is 0 Å². The van der Waals surface area contributed by atoms with Gasteiger partial charge >= 0.3 is 0 Å². The minimum absolute atomic E-state index is 0.0777. The van der Waals surface area contributed by atoms with Gasteiger partial charge in [0.1, 0.15) is 6.54 Å². The van der Waals surface area contributed by atoms with Crippen LogP contribution in [0.2, 0.25) is 0 Å². The van der Waals surface area contributed by atoms with Crippen LogP contribution in [-0.4, -0.2) is 15.5 Å². The molecule has 6 nitrogen and oxygen atoms in total. The van der Waals surface area contributed by atoms with Gasteiger partial charge in [0, 0.05) is 36.0 Å². The van der Waals surface area contributed by atoms with Crippen LogP contribution in [0.3, 0.4) is 0 Å². The molecule has 19 heavy (non-hydrogen) atoms. The molecule has 6 heteroatoms. The van der Waals surface area contributed by atoms with Crippen molar-refractivity contribution in [1.29, 1.82) is 0 Å². The molecule has 2 aromatic heterocycles. The lowest BCUT2D eigenvalue weighted by Crippen LogP contribution is -2.27. The average molecular weight is 258 g/mol. The standard InChI is InChI=1S/C13H14N4O2/c1-9-6-15-5-4-11(9)16-12(18)8-17-7-10(14)2-3-13(17)19/h2-7H,8,14H2,1H3,(H,15,16,18). The predicted octanol–water partition coefficient (Wildman–Crippen LogP) is 0.773. The van der Waals surface area contributed by atoms with Crippen LogP contribution >= 0.6 is 0 Å². The molecule has 1 amide bonds. The van der Waals surface area contributed by atoms with Crippen molar-refractivity contribution in [2.45, 2.75) is 13.5 Å². The summed E-state index contributed by atoms with van der Waals surface area (Å²) in [4.78, 5) is 27.3. The fraction of sp³-hybridized carbons (Fsp3) is 0.154. The van der Waals surface area contributed by atoms with Gasteiger partial charge < -0.3 is 15.6 Å². The molecule has 0 radical (unpaired) electrons. The highest BCUT2D eigenvalue weighted by Gasteiger charge is 2.06. The Bertz CT molecular complexity index is 664. The number of nitrogens with two attached hydrogens (primary N) is 1. The summed E-state index contributed by atoms with van der Waals surface area (Å²) in [6, 6.07) is 4.54. The summed E-state index contributed by atoms with van der Waals surface area (Å²) in [5.74, 6) is -0.290. The van der Waals surface area contributed by atoms with E-state index in [9.17, 15) is 9.59 Å². The van der Waals surface area contributed by atoms with E-state index in [2.05, 4.69) is 10.3 Å². The Hall–Kier alpha value is -2.63. The Labute approximate surface area is 109 Å². The second kappa shape index (κ2) is 5.34. The van der Waals surface area contributed by atoms with Crippen molar-refractivity contribution in [2.24, 2.45) is 0 Å². The number of nitrogen functional groups attached to an aromatic ring is 1. The first-order chi connectivity index (χ1) is 9.06. The molecular weight excluding hydrogens is 244 g/mol. The molecule has 0 aromatic carbocycles. The highest BCUT2D eigenvalue weighted by atomic mass is 16.2. The zero-order valence-electron chi connectivity index (χ0n) is 10.5. The Morgan fingerprint density at radius 2 is 2.21 bits per heavy atom. The van der Waals surface area contributed by atoms with Gasteiger partial charge in [0.2, 0.25) is 5.91 Å². The highest BCUT2D eigenvalue weighted by molar-refractivity contribution is 5.91. The van der Waals surface area contributed by atoms with Crippen LogP contribution in [0.1, 0.15) is 5.56 Å². The first-order valence-electron chi connectivity index (χ1n) is 5.72. The van der Waals surface area contributed by atoms with E-state index >= 15 is 0 Å². The van der Waals surface area contributed by atoms with Gasteiger partial charge in [-0.25, -0.2) is 0 Å². The van der Waals surface area contributed by atoms with Gasteiger partial charge in [0.25, 0.3) is 5.56 Å². The molecule has 0 spiro atoms. The first kappa shape index (κ1) is 12.8. The molecule has 0 aliphatic carbocycles. The van der Waals surface area contributed by atoms with E-state index in [1.807, 2.05) is 6.92 Å². The maximum absolute atomic E-state index is 11.9. The van der Waals surface area contributed by atoms with Crippen LogP contribution in [-0.2, 0) is 11.3 Å². The number of nitrogens with zero attached hydrogens (tertiary/aromatic N) is 2. The number of rotatable bonds is 3. The molecule has 0 bridgehead atoms. The highest BCUT2D eigenvalue weighted by Crippen LogP contribution is 2.11. The largest absolute Gasteiger partial charge is 0.398 e. The lowest BCUT2D eigenvalue weighted by atomic mass is 10.2. The van der Waals surface area contributed by atoms with Gasteiger partial charge in [-0.05, 0) is 24.6 Å². The zero-order chi connectivity index (χ0) is 13.8. The Morgan fingerprint density at radius 1 is 1.42 bits per heavy atom. The summed E-state index contributed by atoms with van der Waals surface area (Å²) in [6.45, 7) is 1.76. The normalized spacial score (nSPS) is 10.2. The van der Waals surface area contributed by atoms with Gasteiger partial charge in [-0.2, -0.15) is 0 Å². The van der Waals surface area contributed by atoms with Gasteiger partial charge in [0.05, 0.1) is 0 Å². The predicted molar refractivity (Wildman–Crippen MR) is 72.7 cm³/mol. The molecule has 0 aliphatic heterocycles. The number of aryl methyl sites for hydroxylation is 1. The van der Waals surface area contributed by atoms with E-state index in [0.717, 1.165) is 5.56 Å². The Balaban J connectivity index is 2.12. The third-order valence-electron chi connectivity index (χ3n) is 2.61. The van der Waals surface area contributed by atoms with Crippen molar-refractivity contribution >= 4 is 17.3 Å². The molecule has 2 aromatic rings. The zero-order valence-corrected chi connectivity index (χ0v) is 10.5. The number of nitrogens with one attached hydrogen (secondary N) is 1. The number of hydrogen-bond donors (Lipinski definition) is 2. The number of pyridine rings is 2. The number of anilines is 2. The van der Waals surface area contributed by atoms with E-state index < -0.39 is 0 Å². The summed E-state index contributed by atoms with van der Waals surface area (Å²) in [7, 11) is 0. The molecule has 0 saturated carbocycles. The van der Waals surface area contributed by atoms with E-state index in [0.29, 0.717) is 11.4 Å². The summed E-state index contributed by atoms with van der Waals surface area (Å²) < 4.78 is 1.27. The first-order valence-corrected chi connectivity index (χ1v) is 5.72. The smallest absolute Gasteiger partial charge is 0.251 e. The molecular formula is C13H14N4O2. The second-order valence-electron chi connectivity index (χ2n) is 4.17. The van der Waals surface area contributed by atoms with Crippen molar-refractivity contribution in [3.05, 3.63) is 52.7 Å². The lowest BCUT2D eigenvalue weighted by molar-refractivity contribution is -0.116. The number of aromatic nitrogens is 2. The number of carbonyl (C=O) groups excluding carboxylic acids is 1. The van der Waals surface area contributed by atoms with E-state index in [1.165, 1.54) is 22.9 Å². The molecule has 0 saturated heterocycles. The van der Waals surface area contributed by atoms with Crippen LogP contribution in [0.25, 0.3) is 0 Å². The SMILES string of the molecule is Cc1cnccc1NC(=O)Cn1cc(N)ccc1=O. The molecule has 2 rings (SSSR count). The second-order valence-corrected chi connectivity index (χ2v) is 4.17. The molecule has 0 atom stereocenters. The topological polar surface area (TPSA) is 90.0 Å². The van der Waals surface area contributed by atoms with Crippen LogP contribution < -0.4 is 16.6 Å². The fourth-order valence-corrected chi connectivity index (χ4v) is 1.63. The quantitative estimate of drug-likeness (QED) is 0.851. The number of hydrogen-bond acceptors (Lipinski definition) is 4. The van der Waals surface area contributed by atoms with Gasteiger partial charge in [0.15, 0.2) is 0 Å². The lowest BCUT2D eigenvalue weighted by Gasteiger charge is -2.09. The summed E-state index contributed by atoms with van der Waals surface area (Å²) in [5, 5.41) is 2.73. The van der Waals surface area contributed by atoms with Gasteiger partial charge in [-0.3, -0.25) is 14.6 Å². The van der Waals surface area contributed by atoms with Crippen LogP contribution in [0, 0.1) is 6.92 Å². The monoisotopic (exact) mass is 258 g/mol. The third-order valence-corrected chi connectivity index (χ3v) is 2.61. The Kier molecular flexibility index (Phi) is 3.61. The summed E-state index contributed by atoms with van der Waals surface area (Å²) >= 11 is 0. The summed E-state index contributed by atoms with van der Waals surface area (Å²) in [6.07, 6.45) is 4.69. The van der Waals surface area contributed by atoms with Crippen molar-refractivity contribution in [3.8, 4) is 0 Å². The van der Waals surface area contributed by atoms with E-state index in [4.69, 9.17) is 5.73 Å². The van der Waals surface area contributed by atoms with Crippen molar-refractivity contribution in [1.82, 2.24) is 9.55 Å². The van der Waals surface area contributed by atoms with Crippen molar-refractivity contribution in [2.75, 3.05) is 11.1 Å². The van der Waals surface area contributed by atoms with Crippen LogP contribution in [0.4, 0.5) is 11.4 Å². The molecule has 2 heterocycles. The fourth-order valence-electron chi connectivity index (χ4n) is 1.63. The molecule has 98 valence electrons. The number of amides is 1.